The monoisotopic (exact) mass is 424 g/mol. The third kappa shape index (κ3) is 5.74. The molecule has 10 heteroatoms. The number of carbonyl (C=O) groups excluding carboxylic acids is 1. The number of aromatic nitrogens is 6. The maximum absolute atomic E-state index is 12.4. The maximum Gasteiger partial charge on any atom is 0.220 e. The number of rotatable bonds is 9. The van der Waals surface area contributed by atoms with Gasteiger partial charge in [0.05, 0.1) is 37.7 Å². The maximum atomic E-state index is 12.4. The summed E-state index contributed by atoms with van der Waals surface area (Å²) in [7, 11) is 0. The SMILES string of the molecule is C[C@H](NC(=O)CCCn1nnnc1CN1CCOCC1)c1cnn(-c2ccccc2)c1. The first kappa shape index (κ1) is 21.1. The van der Waals surface area contributed by atoms with Gasteiger partial charge in [-0.15, -0.1) is 5.10 Å². The lowest BCUT2D eigenvalue weighted by molar-refractivity contribution is -0.121. The summed E-state index contributed by atoms with van der Waals surface area (Å²) in [6.07, 6.45) is 4.81. The van der Waals surface area contributed by atoms with Crippen molar-refractivity contribution < 1.29 is 9.53 Å². The van der Waals surface area contributed by atoms with Crippen molar-refractivity contribution in [3.05, 3.63) is 54.1 Å². The van der Waals surface area contributed by atoms with Crippen molar-refractivity contribution in [2.75, 3.05) is 26.3 Å². The normalized spacial score (nSPS) is 15.6. The van der Waals surface area contributed by atoms with E-state index in [1.165, 1.54) is 0 Å². The molecule has 1 amide bonds. The van der Waals surface area contributed by atoms with Gasteiger partial charge >= 0.3 is 0 Å². The van der Waals surface area contributed by atoms with Crippen molar-refractivity contribution >= 4 is 5.91 Å². The van der Waals surface area contributed by atoms with Gasteiger partial charge in [0.1, 0.15) is 0 Å². The number of hydrogen-bond acceptors (Lipinski definition) is 7. The van der Waals surface area contributed by atoms with Gasteiger partial charge in [-0.1, -0.05) is 18.2 Å². The molecule has 1 fully saturated rings. The van der Waals surface area contributed by atoms with Gasteiger partial charge in [-0.2, -0.15) is 5.10 Å². The number of carbonyl (C=O) groups is 1. The highest BCUT2D eigenvalue weighted by Crippen LogP contribution is 2.14. The van der Waals surface area contributed by atoms with Gasteiger partial charge in [-0.25, -0.2) is 9.36 Å². The molecule has 1 aromatic carbocycles. The van der Waals surface area contributed by atoms with E-state index in [2.05, 4.69) is 30.8 Å². The smallest absolute Gasteiger partial charge is 0.220 e. The molecule has 1 saturated heterocycles. The third-order valence-electron chi connectivity index (χ3n) is 5.35. The van der Waals surface area contributed by atoms with Crippen LogP contribution in [-0.4, -0.2) is 67.1 Å². The number of ether oxygens (including phenoxy) is 1. The van der Waals surface area contributed by atoms with Crippen molar-refractivity contribution in [2.45, 2.75) is 38.9 Å². The van der Waals surface area contributed by atoms with Crippen molar-refractivity contribution in [2.24, 2.45) is 0 Å². The second kappa shape index (κ2) is 10.3. The fourth-order valence-electron chi connectivity index (χ4n) is 3.54. The number of tetrazole rings is 1. The van der Waals surface area contributed by atoms with Crippen LogP contribution in [0.1, 0.15) is 37.2 Å². The molecule has 3 aromatic rings. The Morgan fingerprint density at radius 1 is 1.23 bits per heavy atom. The number of hydrogen-bond donors (Lipinski definition) is 1. The van der Waals surface area contributed by atoms with E-state index in [1.807, 2.05) is 48.1 Å². The Bertz CT molecular complexity index is 965. The van der Waals surface area contributed by atoms with Gasteiger partial charge in [0, 0.05) is 37.8 Å². The fraction of sp³-hybridized carbons (Fsp3) is 0.476. The van der Waals surface area contributed by atoms with Crippen LogP contribution in [0.15, 0.2) is 42.7 Å². The van der Waals surface area contributed by atoms with Crippen molar-refractivity contribution in [1.29, 1.82) is 0 Å². The zero-order valence-corrected chi connectivity index (χ0v) is 17.7. The van der Waals surface area contributed by atoms with Crippen LogP contribution in [0.25, 0.3) is 5.69 Å². The molecule has 3 heterocycles. The molecule has 1 aliphatic rings. The summed E-state index contributed by atoms with van der Waals surface area (Å²) in [4.78, 5) is 14.7. The van der Waals surface area contributed by atoms with Crippen LogP contribution in [0.3, 0.4) is 0 Å². The summed E-state index contributed by atoms with van der Waals surface area (Å²) < 4.78 is 8.98. The molecule has 4 rings (SSSR count). The zero-order chi connectivity index (χ0) is 21.5. The molecule has 31 heavy (non-hydrogen) atoms. The predicted octanol–water partition coefficient (Wildman–Crippen LogP) is 1.35. The second-order valence-corrected chi connectivity index (χ2v) is 7.65. The number of para-hydroxylation sites is 1. The lowest BCUT2D eigenvalue weighted by atomic mass is 10.2. The first-order valence-corrected chi connectivity index (χ1v) is 10.6. The van der Waals surface area contributed by atoms with Gasteiger partial charge in [0.25, 0.3) is 0 Å². The largest absolute Gasteiger partial charge is 0.379 e. The second-order valence-electron chi connectivity index (χ2n) is 7.65. The van der Waals surface area contributed by atoms with Crippen LogP contribution in [0.2, 0.25) is 0 Å². The van der Waals surface area contributed by atoms with Crippen LogP contribution in [-0.2, 0) is 22.6 Å². The van der Waals surface area contributed by atoms with Crippen LogP contribution in [0.5, 0.6) is 0 Å². The first-order valence-electron chi connectivity index (χ1n) is 10.6. The quantitative estimate of drug-likeness (QED) is 0.553. The lowest BCUT2D eigenvalue weighted by Gasteiger charge is -2.25. The minimum absolute atomic E-state index is 0.00256. The molecule has 2 aromatic heterocycles. The Morgan fingerprint density at radius 3 is 2.84 bits per heavy atom. The Hall–Kier alpha value is -3.11. The summed E-state index contributed by atoms with van der Waals surface area (Å²) in [5.41, 5.74) is 1.95. The minimum atomic E-state index is -0.116. The topological polar surface area (TPSA) is 103 Å². The van der Waals surface area contributed by atoms with Crippen LogP contribution in [0.4, 0.5) is 0 Å². The molecule has 0 unspecified atom stereocenters. The highest BCUT2D eigenvalue weighted by molar-refractivity contribution is 5.76. The van der Waals surface area contributed by atoms with E-state index in [9.17, 15) is 4.79 Å². The highest BCUT2D eigenvalue weighted by Gasteiger charge is 2.16. The Morgan fingerprint density at radius 2 is 2.03 bits per heavy atom. The zero-order valence-electron chi connectivity index (χ0n) is 17.7. The van der Waals surface area contributed by atoms with E-state index in [-0.39, 0.29) is 11.9 Å². The molecule has 164 valence electrons. The van der Waals surface area contributed by atoms with Gasteiger partial charge in [-0.05, 0) is 35.9 Å². The minimum Gasteiger partial charge on any atom is -0.379 e. The summed E-state index contributed by atoms with van der Waals surface area (Å²) in [6, 6.07) is 9.78. The molecule has 10 nitrogen and oxygen atoms in total. The molecule has 1 atom stereocenters. The van der Waals surface area contributed by atoms with E-state index in [0.29, 0.717) is 25.9 Å². The van der Waals surface area contributed by atoms with E-state index in [4.69, 9.17) is 4.74 Å². The molecule has 0 radical (unpaired) electrons. The molecule has 0 saturated carbocycles. The molecule has 0 spiro atoms. The van der Waals surface area contributed by atoms with E-state index in [0.717, 1.165) is 43.4 Å². The van der Waals surface area contributed by atoms with E-state index < -0.39 is 0 Å². The standard InChI is InChI=1S/C21H28N8O2/c1-17(18-14-22-29(15-18)19-6-3-2-4-7-19)23-21(30)8-5-9-28-20(24-25-26-28)16-27-10-12-31-13-11-27/h2-4,6-7,14-15,17H,5,8-13,16H2,1H3,(H,23,30)/t17-/m0/s1. The number of nitrogens with zero attached hydrogens (tertiary/aromatic N) is 7. The summed E-state index contributed by atoms with van der Waals surface area (Å²) in [5, 5.41) is 19.4. The van der Waals surface area contributed by atoms with Crippen molar-refractivity contribution in [3.8, 4) is 5.69 Å². The van der Waals surface area contributed by atoms with Crippen LogP contribution in [0, 0.1) is 0 Å². The van der Waals surface area contributed by atoms with Gasteiger partial charge in [0.2, 0.25) is 5.91 Å². The van der Waals surface area contributed by atoms with Gasteiger partial charge < -0.3 is 10.1 Å². The Balaban J connectivity index is 1.23. The summed E-state index contributed by atoms with van der Waals surface area (Å²) in [6.45, 7) is 6.52. The molecule has 0 bridgehead atoms. The number of aryl methyl sites for hydroxylation is 1. The van der Waals surface area contributed by atoms with Gasteiger partial charge in [-0.3, -0.25) is 9.69 Å². The fourth-order valence-corrected chi connectivity index (χ4v) is 3.54. The summed E-state index contributed by atoms with van der Waals surface area (Å²) >= 11 is 0. The molecule has 1 aliphatic heterocycles. The molecule has 0 aliphatic carbocycles. The third-order valence-corrected chi connectivity index (χ3v) is 5.35. The van der Waals surface area contributed by atoms with Crippen LogP contribution < -0.4 is 5.32 Å². The highest BCUT2D eigenvalue weighted by atomic mass is 16.5. The van der Waals surface area contributed by atoms with Gasteiger partial charge in [0.15, 0.2) is 5.82 Å². The number of nitrogens with one attached hydrogen (secondary N) is 1. The van der Waals surface area contributed by atoms with Crippen molar-refractivity contribution in [3.63, 3.8) is 0 Å². The van der Waals surface area contributed by atoms with Crippen molar-refractivity contribution in [1.82, 2.24) is 40.2 Å². The summed E-state index contributed by atoms with van der Waals surface area (Å²) in [5.74, 6) is 0.826. The Labute approximate surface area is 181 Å². The average Bonchev–Trinajstić information content (AvgIpc) is 3.45. The molecular formula is C21H28N8O2. The molecular weight excluding hydrogens is 396 g/mol. The lowest BCUT2D eigenvalue weighted by Crippen LogP contribution is -2.36. The average molecular weight is 425 g/mol. The van der Waals surface area contributed by atoms with E-state index in [1.54, 1.807) is 10.9 Å². The number of amides is 1. The Kier molecular flexibility index (Phi) is 7.00. The number of morpholine rings is 1. The van der Waals surface area contributed by atoms with Crippen LogP contribution >= 0.6 is 0 Å². The number of benzene rings is 1. The van der Waals surface area contributed by atoms with E-state index >= 15 is 0 Å². The molecule has 1 N–H and O–H groups in total. The first-order chi connectivity index (χ1) is 15.2. The predicted molar refractivity (Wildman–Crippen MR) is 113 cm³/mol.